The maximum absolute atomic E-state index is 12.6. The number of rotatable bonds is 4. The summed E-state index contributed by atoms with van der Waals surface area (Å²) >= 11 is 0. The van der Waals surface area contributed by atoms with E-state index >= 15 is 0 Å². The molecule has 1 rings (SSSR count). The van der Waals surface area contributed by atoms with E-state index in [0.717, 1.165) is 12.8 Å². The second-order valence-corrected chi connectivity index (χ2v) is 5.22. The van der Waals surface area contributed by atoms with Crippen molar-refractivity contribution < 1.29 is 8.60 Å². The summed E-state index contributed by atoms with van der Waals surface area (Å²) in [6.45, 7) is 4.03. The van der Waals surface area contributed by atoms with Gasteiger partial charge in [0.05, 0.1) is 10.8 Å². The minimum Gasteiger partial charge on any atom is -0.254 e. The minimum absolute atomic E-state index is 0.144. The molecule has 78 valence electrons. The normalized spacial score (nSPS) is 15.1. The van der Waals surface area contributed by atoms with Crippen LogP contribution in [-0.2, 0) is 10.8 Å². The van der Waals surface area contributed by atoms with Crippen LogP contribution in [0.1, 0.15) is 26.7 Å². The van der Waals surface area contributed by atoms with Crippen LogP contribution in [0.2, 0.25) is 0 Å². The minimum atomic E-state index is -1.00. The van der Waals surface area contributed by atoms with E-state index in [1.54, 1.807) is 12.1 Å². The summed E-state index contributed by atoms with van der Waals surface area (Å²) < 4.78 is 24.4. The van der Waals surface area contributed by atoms with Gasteiger partial charge in [0.1, 0.15) is 5.82 Å². The molecule has 14 heavy (non-hydrogen) atoms. The molecule has 2 unspecified atom stereocenters. The van der Waals surface area contributed by atoms with Crippen molar-refractivity contribution in [3.05, 3.63) is 30.1 Å². The highest BCUT2D eigenvalue weighted by atomic mass is 32.2. The van der Waals surface area contributed by atoms with Crippen LogP contribution in [0.3, 0.4) is 0 Å². The molecule has 0 saturated carbocycles. The Balaban J connectivity index is 2.74. The van der Waals surface area contributed by atoms with Crippen LogP contribution < -0.4 is 0 Å². The third-order valence-electron chi connectivity index (χ3n) is 2.11. The Labute approximate surface area is 86.8 Å². The second kappa shape index (κ2) is 5.25. The molecule has 0 aliphatic heterocycles. The molecule has 3 heteroatoms. The Morgan fingerprint density at radius 1 is 1.36 bits per heavy atom. The van der Waals surface area contributed by atoms with Crippen molar-refractivity contribution in [3.8, 4) is 0 Å². The Hall–Kier alpha value is -0.700. The van der Waals surface area contributed by atoms with E-state index in [1.165, 1.54) is 12.1 Å². The van der Waals surface area contributed by atoms with Gasteiger partial charge in [0, 0.05) is 10.1 Å². The molecular formula is C11H15FOS. The molecule has 2 atom stereocenters. The Kier molecular flexibility index (Phi) is 4.26. The molecule has 0 saturated heterocycles. The molecule has 1 nitrogen and oxygen atoms in total. The highest BCUT2D eigenvalue weighted by Crippen LogP contribution is 2.15. The van der Waals surface area contributed by atoms with Crippen LogP contribution >= 0.6 is 0 Å². The fraction of sp³-hybridized carbons (Fsp3) is 0.455. The molecule has 1 aromatic rings. The first-order chi connectivity index (χ1) is 6.65. The van der Waals surface area contributed by atoms with Crippen LogP contribution in [0, 0.1) is 5.82 Å². The molecule has 0 fully saturated rings. The highest BCUT2D eigenvalue weighted by molar-refractivity contribution is 7.85. The first-order valence-electron chi connectivity index (χ1n) is 4.81. The van der Waals surface area contributed by atoms with Crippen molar-refractivity contribution in [2.75, 3.05) is 0 Å². The van der Waals surface area contributed by atoms with Crippen LogP contribution in [0.25, 0.3) is 0 Å². The molecule has 0 aromatic heterocycles. The van der Waals surface area contributed by atoms with Gasteiger partial charge in [-0.3, -0.25) is 4.21 Å². The number of hydrogen-bond acceptors (Lipinski definition) is 1. The van der Waals surface area contributed by atoms with E-state index < -0.39 is 10.8 Å². The Bertz CT molecular complexity index is 308. The van der Waals surface area contributed by atoms with E-state index in [2.05, 4.69) is 6.92 Å². The molecule has 0 aliphatic rings. The van der Waals surface area contributed by atoms with Crippen molar-refractivity contribution in [2.45, 2.75) is 36.8 Å². The molecule has 0 amide bonds. The van der Waals surface area contributed by atoms with Crippen molar-refractivity contribution in [2.24, 2.45) is 0 Å². The molecule has 0 bridgehead atoms. The summed E-state index contributed by atoms with van der Waals surface area (Å²) in [6, 6.07) is 5.90. The second-order valence-electron chi connectivity index (χ2n) is 3.35. The largest absolute Gasteiger partial charge is 0.254 e. The summed E-state index contributed by atoms with van der Waals surface area (Å²) in [5.74, 6) is -0.283. The third kappa shape index (κ3) is 2.91. The van der Waals surface area contributed by atoms with Gasteiger partial charge in [0.2, 0.25) is 0 Å². The van der Waals surface area contributed by atoms with Crippen molar-refractivity contribution >= 4 is 10.8 Å². The Morgan fingerprint density at radius 2 is 1.93 bits per heavy atom. The van der Waals surface area contributed by atoms with Crippen LogP contribution in [0.5, 0.6) is 0 Å². The number of benzene rings is 1. The van der Waals surface area contributed by atoms with Gasteiger partial charge in [0.15, 0.2) is 0 Å². The van der Waals surface area contributed by atoms with Gasteiger partial charge in [-0.25, -0.2) is 4.39 Å². The predicted molar refractivity (Wildman–Crippen MR) is 57.2 cm³/mol. The van der Waals surface area contributed by atoms with Gasteiger partial charge in [-0.15, -0.1) is 0 Å². The zero-order valence-corrected chi connectivity index (χ0v) is 9.31. The lowest BCUT2D eigenvalue weighted by Crippen LogP contribution is -2.10. The van der Waals surface area contributed by atoms with Crippen molar-refractivity contribution in [3.63, 3.8) is 0 Å². The summed E-state index contributed by atoms with van der Waals surface area (Å²) in [5.41, 5.74) is 0. The summed E-state index contributed by atoms with van der Waals surface area (Å²) in [5, 5.41) is 0.144. The average molecular weight is 214 g/mol. The maximum Gasteiger partial charge on any atom is 0.123 e. The smallest absolute Gasteiger partial charge is 0.123 e. The van der Waals surface area contributed by atoms with Gasteiger partial charge in [-0.05, 0) is 30.7 Å². The van der Waals surface area contributed by atoms with E-state index in [4.69, 9.17) is 0 Å². The third-order valence-corrected chi connectivity index (χ3v) is 3.81. The van der Waals surface area contributed by atoms with Crippen LogP contribution in [0.4, 0.5) is 4.39 Å². The lowest BCUT2D eigenvalue weighted by molar-refractivity contribution is 0.625. The quantitative estimate of drug-likeness (QED) is 0.752. The van der Waals surface area contributed by atoms with Crippen LogP contribution in [0.15, 0.2) is 29.2 Å². The van der Waals surface area contributed by atoms with Crippen LogP contribution in [-0.4, -0.2) is 9.46 Å². The zero-order valence-electron chi connectivity index (χ0n) is 8.50. The van der Waals surface area contributed by atoms with Crippen molar-refractivity contribution in [1.29, 1.82) is 0 Å². The topological polar surface area (TPSA) is 17.1 Å². The molecule has 0 N–H and O–H groups in total. The standard InChI is InChI=1S/C11H15FOS/c1-3-4-9(2)14(13)11-7-5-10(12)6-8-11/h5-9H,3-4H2,1-2H3. The molecular weight excluding hydrogens is 199 g/mol. The average Bonchev–Trinajstić information content (AvgIpc) is 2.18. The first-order valence-corrected chi connectivity index (χ1v) is 6.02. The van der Waals surface area contributed by atoms with Gasteiger partial charge in [0.25, 0.3) is 0 Å². The monoisotopic (exact) mass is 214 g/mol. The first kappa shape index (κ1) is 11.4. The number of hydrogen-bond donors (Lipinski definition) is 0. The molecule has 0 heterocycles. The number of halogens is 1. The maximum atomic E-state index is 12.6. The summed E-state index contributed by atoms with van der Waals surface area (Å²) in [6.07, 6.45) is 1.96. The molecule has 0 radical (unpaired) electrons. The lowest BCUT2D eigenvalue weighted by atomic mass is 10.3. The van der Waals surface area contributed by atoms with E-state index in [-0.39, 0.29) is 11.1 Å². The van der Waals surface area contributed by atoms with E-state index in [9.17, 15) is 8.60 Å². The molecule has 1 aromatic carbocycles. The van der Waals surface area contributed by atoms with Crippen molar-refractivity contribution in [1.82, 2.24) is 0 Å². The fourth-order valence-electron chi connectivity index (χ4n) is 1.31. The summed E-state index contributed by atoms with van der Waals surface area (Å²) in [7, 11) is -1.00. The zero-order chi connectivity index (χ0) is 10.6. The van der Waals surface area contributed by atoms with Gasteiger partial charge < -0.3 is 0 Å². The van der Waals surface area contributed by atoms with Gasteiger partial charge in [-0.1, -0.05) is 20.3 Å². The fourth-order valence-corrected chi connectivity index (χ4v) is 2.63. The van der Waals surface area contributed by atoms with Gasteiger partial charge in [-0.2, -0.15) is 0 Å². The van der Waals surface area contributed by atoms with E-state index in [1.807, 2.05) is 6.92 Å². The SMILES string of the molecule is CCCC(C)S(=O)c1ccc(F)cc1. The summed E-state index contributed by atoms with van der Waals surface area (Å²) in [4.78, 5) is 0.715. The lowest BCUT2D eigenvalue weighted by Gasteiger charge is -2.09. The van der Waals surface area contributed by atoms with E-state index in [0.29, 0.717) is 4.90 Å². The Morgan fingerprint density at radius 3 is 2.43 bits per heavy atom. The highest BCUT2D eigenvalue weighted by Gasteiger charge is 2.11. The van der Waals surface area contributed by atoms with Gasteiger partial charge >= 0.3 is 0 Å². The molecule has 0 spiro atoms. The molecule has 0 aliphatic carbocycles. The predicted octanol–water partition coefficient (Wildman–Crippen LogP) is 3.12.